The van der Waals surface area contributed by atoms with E-state index in [1.165, 1.54) is 24.1 Å². The van der Waals surface area contributed by atoms with Gasteiger partial charge in [-0.2, -0.15) is 0 Å². The van der Waals surface area contributed by atoms with E-state index < -0.39 is 0 Å². The molecule has 0 aliphatic carbocycles. The van der Waals surface area contributed by atoms with Crippen LogP contribution in [-0.4, -0.2) is 28.6 Å². The molecule has 2 N–H and O–H groups in total. The smallest absolute Gasteiger partial charge is 0.165 e. The third kappa shape index (κ3) is 3.18. The summed E-state index contributed by atoms with van der Waals surface area (Å²) < 4.78 is 25.1. The van der Waals surface area contributed by atoms with Gasteiger partial charge in [0, 0.05) is 23.1 Å². The lowest BCUT2D eigenvalue weighted by Gasteiger charge is -2.35. The summed E-state index contributed by atoms with van der Waals surface area (Å²) in [4.78, 5) is 5.91. The number of nitrogens with one attached hydrogen (secondary N) is 1. The van der Waals surface area contributed by atoms with E-state index in [1.807, 2.05) is 18.2 Å². The van der Waals surface area contributed by atoms with Crippen LogP contribution >= 0.6 is 0 Å². The second kappa shape index (κ2) is 7.63. The first kappa shape index (κ1) is 18.9. The fourth-order valence-corrected chi connectivity index (χ4v) is 4.48. The molecule has 5 nitrogen and oxygen atoms in total. The van der Waals surface area contributed by atoms with E-state index in [9.17, 15) is 9.50 Å². The zero-order chi connectivity index (χ0) is 20.7. The Balaban J connectivity index is 1.61. The number of furan rings is 1. The molecule has 1 aliphatic heterocycles. The minimum atomic E-state index is -0.376. The Morgan fingerprint density at radius 2 is 2.00 bits per heavy atom. The number of hydrogen-bond donors (Lipinski definition) is 2. The number of ether oxygens (including phenoxy) is 1. The van der Waals surface area contributed by atoms with Gasteiger partial charge in [-0.25, -0.2) is 4.39 Å². The number of nitrogens with zero attached hydrogens (tertiary/aromatic N) is 1. The second-order valence-electron chi connectivity index (χ2n) is 7.61. The Morgan fingerprint density at radius 3 is 2.80 bits per heavy atom. The quantitative estimate of drug-likeness (QED) is 0.511. The normalized spacial score (nSPS) is 16.7. The number of fused-ring (bicyclic) bond motifs is 3. The summed E-state index contributed by atoms with van der Waals surface area (Å²) in [7, 11) is 1.48. The lowest BCUT2D eigenvalue weighted by atomic mass is 9.92. The molecule has 30 heavy (non-hydrogen) atoms. The molecule has 1 aliphatic rings. The first-order chi connectivity index (χ1) is 14.7. The average Bonchev–Trinajstić information content (AvgIpc) is 3.38. The van der Waals surface area contributed by atoms with Gasteiger partial charge < -0.3 is 19.2 Å². The van der Waals surface area contributed by atoms with Crippen molar-refractivity contribution in [1.29, 1.82) is 0 Å². The predicted octanol–water partition coefficient (Wildman–Crippen LogP) is 4.55. The van der Waals surface area contributed by atoms with E-state index >= 15 is 0 Å². The van der Waals surface area contributed by atoms with Gasteiger partial charge in [-0.3, -0.25) is 4.90 Å². The lowest BCUT2D eigenvalue weighted by Crippen LogP contribution is -2.35. The van der Waals surface area contributed by atoms with E-state index in [0.29, 0.717) is 12.3 Å². The molecular formula is C24H23FN2O3. The highest BCUT2D eigenvalue weighted by Gasteiger charge is 2.32. The minimum absolute atomic E-state index is 0.0988. The highest BCUT2D eigenvalue weighted by molar-refractivity contribution is 5.85. The maximum atomic E-state index is 14.1. The van der Waals surface area contributed by atoms with Crippen molar-refractivity contribution >= 4 is 10.9 Å². The number of aromatic amines is 1. The van der Waals surface area contributed by atoms with E-state index in [1.54, 1.807) is 12.1 Å². The Bertz CT molecular complexity index is 1200. The minimum Gasteiger partial charge on any atom is -0.494 e. The standard InChI is InChI=1S/C24H23FN2O3/c1-29-22-12-15(6-9-20(22)25)24-23-19(18-4-2-3-5-21(18)26-23)10-11-27(24)13-16-7-8-17(14-28)30-16/h2-9,12,24,26,28H,10-11,13-14H2,1H3/t24-/m1/s1. The summed E-state index contributed by atoms with van der Waals surface area (Å²) in [5, 5.41) is 10.5. The van der Waals surface area contributed by atoms with Gasteiger partial charge in [0.1, 0.15) is 18.1 Å². The maximum Gasteiger partial charge on any atom is 0.165 e. The first-order valence-electron chi connectivity index (χ1n) is 10.0. The summed E-state index contributed by atoms with van der Waals surface area (Å²) in [6.07, 6.45) is 0.905. The van der Waals surface area contributed by atoms with E-state index in [2.05, 4.69) is 28.1 Å². The van der Waals surface area contributed by atoms with Gasteiger partial charge in [-0.05, 0) is 47.9 Å². The fourth-order valence-electron chi connectivity index (χ4n) is 4.48. The monoisotopic (exact) mass is 406 g/mol. The van der Waals surface area contributed by atoms with Crippen molar-refractivity contribution in [3.05, 3.63) is 88.8 Å². The molecule has 4 aromatic rings. The van der Waals surface area contributed by atoms with Crippen molar-refractivity contribution in [3.63, 3.8) is 0 Å². The number of H-pyrrole nitrogens is 1. The van der Waals surface area contributed by atoms with E-state index in [4.69, 9.17) is 9.15 Å². The molecule has 6 heteroatoms. The van der Waals surface area contributed by atoms with Crippen LogP contribution in [0.4, 0.5) is 4.39 Å². The van der Waals surface area contributed by atoms with Crippen LogP contribution in [0.2, 0.25) is 0 Å². The van der Waals surface area contributed by atoms with Crippen LogP contribution in [0, 0.1) is 5.82 Å². The number of para-hydroxylation sites is 1. The van der Waals surface area contributed by atoms with Gasteiger partial charge in [-0.1, -0.05) is 24.3 Å². The topological polar surface area (TPSA) is 61.6 Å². The summed E-state index contributed by atoms with van der Waals surface area (Å²) in [6.45, 7) is 1.29. The molecule has 0 bridgehead atoms. The molecule has 2 aromatic heterocycles. The van der Waals surface area contributed by atoms with Crippen LogP contribution in [0.5, 0.6) is 5.75 Å². The van der Waals surface area contributed by atoms with Crippen LogP contribution in [0.3, 0.4) is 0 Å². The number of methoxy groups -OCH3 is 1. The molecule has 0 spiro atoms. The number of halogens is 1. The summed E-state index contributed by atoms with van der Waals surface area (Å²) in [5.74, 6) is 1.20. The molecule has 0 unspecified atom stereocenters. The summed E-state index contributed by atoms with van der Waals surface area (Å²) in [5.41, 5.74) is 4.47. The van der Waals surface area contributed by atoms with Crippen LogP contribution in [-0.2, 0) is 19.6 Å². The zero-order valence-electron chi connectivity index (χ0n) is 16.7. The Labute approximate surface area is 173 Å². The van der Waals surface area contributed by atoms with Crippen molar-refractivity contribution in [2.45, 2.75) is 25.6 Å². The van der Waals surface area contributed by atoms with Gasteiger partial charge >= 0.3 is 0 Å². The van der Waals surface area contributed by atoms with E-state index in [-0.39, 0.29) is 24.2 Å². The van der Waals surface area contributed by atoms with Crippen molar-refractivity contribution < 1.29 is 18.7 Å². The predicted molar refractivity (Wildman–Crippen MR) is 112 cm³/mol. The van der Waals surface area contributed by atoms with Crippen molar-refractivity contribution in [2.24, 2.45) is 0 Å². The van der Waals surface area contributed by atoms with Gasteiger partial charge in [0.2, 0.25) is 0 Å². The first-order valence-corrected chi connectivity index (χ1v) is 10.0. The van der Waals surface area contributed by atoms with Gasteiger partial charge in [-0.15, -0.1) is 0 Å². The molecule has 5 rings (SSSR count). The Morgan fingerprint density at radius 1 is 1.17 bits per heavy atom. The molecule has 0 fully saturated rings. The fraction of sp³-hybridized carbons (Fsp3) is 0.250. The number of aliphatic hydroxyl groups excluding tert-OH is 1. The molecule has 2 aromatic carbocycles. The lowest BCUT2D eigenvalue weighted by molar-refractivity contribution is 0.179. The zero-order valence-corrected chi connectivity index (χ0v) is 16.7. The molecule has 154 valence electrons. The third-order valence-electron chi connectivity index (χ3n) is 5.86. The number of benzene rings is 2. The van der Waals surface area contributed by atoms with E-state index in [0.717, 1.165) is 35.5 Å². The Hall–Kier alpha value is -3.09. The molecule has 0 amide bonds. The Kier molecular flexibility index (Phi) is 4.81. The van der Waals surface area contributed by atoms with Crippen molar-refractivity contribution in [2.75, 3.05) is 13.7 Å². The second-order valence-corrected chi connectivity index (χ2v) is 7.61. The van der Waals surface area contributed by atoms with Gasteiger partial charge in [0.15, 0.2) is 11.6 Å². The molecular weight excluding hydrogens is 383 g/mol. The van der Waals surface area contributed by atoms with Crippen LogP contribution in [0.1, 0.15) is 34.4 Å². The summed E-state index contributed by atoms with van der Waals surface area (Å²) in [6, 6.07) is 16.9. The SMILES string of the molecule is COc1cc([C@@H]2c3[nH]c4ccccc4c3CCN2Cc2ccc(CO)o2)ccc1F. The molecule has 1 atom stereocenters. The highest BCUT2D eigenvalue weighted by atomic mass is 19.1. The number of aliphatic hydroxyl groups is 1. The van der Waals surface area contributed by atoms with Crippen LogP contribution in [0.15, 0.2) is 59.0 Å². The molecule has 3 heterocycles. The largest absolute Gasteiger partial charge is 0.494 e. The van der Waals surface area contributed by atoms with Crippen molar-refractivity contribution in [3.8, 4) is 5.75 Å². The summed E-state index contributed by atoms with van der Waals surface area (Å²) >= 11 is 0. The van der Waals surface area contributed by atoms with Crippen LogP contribution in [0.25, 0.3) is 10.9 Å². The number of hydrogen-bond acceptors (Lipinski definition) is 4. The van der Waals surface area contributed by atoms with Crippen molar-refractivity contribution in [1.82, 2.24) is 9.88 Å². The maximum absolute atomic E-state index is 14.1. The molecule has 0 radical (unpaired) electrons. The third-order valence-corrected chi connectivity index (χ3v) is 5.86. The van der Waals surface area contributed by atoms with Gasteiger partial charge in [0.25, 0.3) is 0 Å². The number of aromatic nitrogens is 1. The average molecular weight is 406 g/mol. The number of rotatable bonds is 5. The van der Waals surface area contributed by atoms with Gasteiger partial charge in [0.05, 0.1) is 19.7 Å². The highest BCUT2D eigenvalue weighted by Crippen LogP contribution is 2.40. The van der Waals surface area contributed by atoms with Crippen LogP contribution < -0.4 is 4.74 Å². The molecule has 0 saturated heterocycles. The molecule has 0 saturated carbocycles.